The van der Waals surface area contributed by atoms with E-state index >= 15 is 0 Å². The summed E-state index contributed by atoms with van der Waals surface area (Å²) < 4.78 is 16.2. The van der Waals surface area contributed by atoms with Gasteiger partial charge in [-0.25, -0.2) is 0 Å². The van der Waals surface area contributed by atoms with Crippen LogP contribution in [0.15, 0.2) is 0 Å². The predicted molar refractivity (Wildman–Crippen MR) is 85.9 cm³/mol. The van der Waals surface area contributed by atoms with Gasteiger partial charge >= 0.3 is 8.80 Å². The van der Waals surface area contributed by atoms with Crippen LogP contribution >= 0.6 is 28.6 Å². The molecule has 0 aliphatic carbocycles. The Morgan fingerprint density at radius 3 is 1.89 bits per heavy atom. The summed E-state index contributed by atoms with van der Waals surface area (Å²) in [4.78, 5) is 0. The second-order valence-corrected chi connectivity index (χ2v) is 8.99. The molecule has 18 heavy (non-hydrogen) atoms. The summed E-state index contributed by atoms with van der Waals surface area (Å²) in [5, 5.41) is 1.62. The zero-order valence-corrected chi connectivity index (χ0v) is 15.3. The molecule has 6 heteroatoms. The lowest BCUT2D eigenvalue weighted by Gasteiger charge is -2.24. The highest BCUT2D eigenvalue weighted by molar-refractivity contribution is 9.09. The van der Waals surface area contributed by atoms with E-state index in [1.165, 1.54) is 19.3 Å². The first kappa shape index (κ1) is 18.9. The minimum atomic E-state index is -2.35. The number of hydrogen-bond acceptors (Lipinski definition) is 4. The lowest BCUT2D eigenvalue weighted by Crippen LogP contribution is -2.42. The maximum absolute atomic E-state index is 5.39. The number of halogens is 1. The van der Waals surface area contributed by atoms with Crippen LogP contribution in [0.4, 0.5) is 0 Å². The second kappa shape index (κ2) is 11.7. The third kappa shape index (κ3) is 8.17. The number of thiol groups is 1. The van der Waals surface area contributed by atoms with Crippen molar-refractivity contribution in [1.29, 1.82) is 0 Å². The summed E-state index contributed by atoms with van der Waals surface area (Å²) in [6.45, 7) is 0. The maximum atomic E-state index is 5.39. The molecule has 0 aliphatic heterocycles. The van der Waals surface area contributed by atoms with Gasteiger partial charge in [0, 0.05) is 38.0 Å². The molecule has 0 amide bonds. The highest BCUT2D eigenvalue weighted by atomic mass is 79.9. The molecule has 0 fully saturated rings. The monoisotopic (exact) mass is 358 g/mol. The SMILES string of the molecule is CO[Si](CCCCC(S)CCCCBr)(OC)OC. The minimum absolute atomic E-state index is 0.521. The number of rotatable bonds is 12. The summed E-state index contributed by atoms with van der Waals surface area (Å²) in [6.07, 6.45) is 7.10. The van der Waals surface area contributed by atoms with Crippen molar-refractivity contribution in [2.45, 2.75) is 49.8 Å². The molecule has 0 rings (SSSR count). The second-order valence-electron chi connectivity index (χ2n) is 4.38. The Labute approximate surface area is 127 Å². The van der Waals surface area contributed by atoms with Gasteiger partial charge in [0.05, 0.1) is 0 Å². The predicted octanol–water partition coefficient (Wildman–Crippen LogP) is 3.90. The molecule has 0 radical (unpaired) electrons. The van der Waals surface area contributed by atoms with Crippen LogP contribution in [-0.4, -0.2) is 40.7 Å². The third-order valence-electron chi connectivity index (χ3n) is 3.12. The third-order valence-corrected chi connectivity index (χ3v) is 7.03. The van der Waals surface area contributed by atoms with Gasteiger partial charge in [0.15, 0.2) is 0 Å². The topological polar surface area (TPSA) is 27.7 Å². The lowest BCUT2D eigenvalue weighted by atomic mass is 10.1. The van der Waals surface area contributed by atoms with Crippen molar-refractivity contribution in [3.63, 3.8) is 0 Å². The number of unbranched alkanes of at least 4 members (excludes halogenated alkanes) is 2. The van der Waals surface area contributed by atoms with Crippen LogP contribution in [-0.2, 0) is 13.3 Å². The van der Waals surface area contributed by atoms with E-state index in [-0.39, 0.29) is 0 Å². The average Bonchev–Trinajstić information content (AvgIpc) is 2.40. The molecule has 0 N–H and O–H groups in total. The first-order valence-electron chi connectivity index (χ1n) is 6.53. The summed E-state index contributed by atoms with van der Waals surface area (Å²) in [7, 11) is 2.65. The van der Waals surface area contributed by atoms with Crippen molar-refractivity contribution in [3.05, 3.63) is 0 Å². The first-order valence-corrected chi connectivity index (χ1v) is 10.1. The molecule has 0 aliphatic rings. The van der Waals surface area contributed by atoms with Gasteiger partial charge < -0.3 is 13.3 Å². The highest BCUT2D eigenvalue weighted by Gasteiger charge is 2.36. The Hall–Kier alpha value is 0.927. The molecule has 0 aromatic heterocycles. The van der Waals surface area contributed by atoms with E-state index in [1.807, 2.05) is 0 Å². The van der Waals surface area contributed by atoms with Crippen molar-refractivity contribution >= 4 is 37.4 Å². The molecular formula is C12H27BrO3SSi. The van der Waals surface area contributed by atoms with E-state index in [0.717, 1.165) is 30.6 Å². The Kier molecular flexibility index (Phi) is 12.3. The van der Waals surface area contributed by atoms with Gasteiger partial charge in [0.25, 0.3) is 0 Å². The standard InChI is InChI=1S/C12H27BrO3SSi/c1-14-18(15-2,16-3)11-7-5-9-12(17)8-4-6-10-13/h12,17H,4-11H2,1-3H3. The molecule has 0 saturated carbocycles. The fraction of sp³-hybridized carbons (Fsp3) is 1.00. The van der Waals surface area contributed by atoms with Crippen molar-refractivity contribution in [2.75, 3.05) is 26.7 Å². The Bertz CT molecular complexity index is 186. The first-order chi connectivity index (χ1) is 8.64. The Morgan fingerprint density at radius 2 is 1.44 bits per heavy atom. The number of alkyl halides is 1. The van der Waals surface area contributed by atoms with Crippen molar-refractivity contribution in [1.82, 2.24) is 0 Å². The van der Waals surface area contributed by atoms with E-state index in [2.05, 4.69) is 28.6 Å². The quantitative estimate of drug-likeness (QED) is 0.248. The summed E-state index contributed by atoms with van der Waals surface area (Å²) in [6, 6.07) is 0.887. The smallest absolute Gasteiger partial charge is 0.377 e. The van der Waals surface area contributed by atoms with Crippen LogP contribution in [0, 0.1) is 0 Å². The molecule has 0 bridgehead atoms. The molecule has 0 aromatic carbocycles. The van der Waals surface area contributed by atoms with Gasteiger partial charge in [-0.2, -0.15) is 12.6 Å². The molecule has 0 saturated heterocycles. The van der Waals surface area contributed by atoms with Crippen molar-refractivity contribution in [3.8, 4) is 0 Å². The molecule has 0 aromatic rings. The zero-order valence-electron chi connectivity index (χ0n) is 11.8. The highest BCUT2D eigenvalue weighted by Crippen LogP contribution is 2.20. The van der Waals surface area contributed by atoms with Crippen LogP contribution in [0.1, 0.15) is 38.5 Å². The summed E-state index contributed by atoms with van der Waals surface area (Å²) >= 11 is 8.07. The minimum Gasteiger partial charge on any atom is -0.377 e. The molecule has 1 unspecified atom stereocenters. The van der Waals surface area contributed by atoms with Gasteiger partial charge in [-0.3, -0.25) is 0 Å². The van der Waals surface area contributed by atoms with Crippen LogP contribution in [0.5, 0.6) is 0 Å². The van der Waals surface area contributed by atoms with Gasteiger partial charge in [0.2, 0.25) is 0 Å². The molecule has 110 valence electrons. The fourth-order valence-electron chi connectivity index (χ4n) is 1.90. The van der Waals surface area contributed by atoms with Gasteiger partial charge in [0.1, 0.15) is 0 Å². The Morgan fingerprint density at radius 1 is 0.944 bits per heavy atom. The van der Waals surface area contributed by atoms with E-state index < -0.39 is 8.80 Å². The number of hydrogen-bond donors (Lipinski definition) is 1. The summed E-state index contributed by atoms with van der Waals surface area (Å²) in [5.41, 5.74) is 0. The fourth-order valence-corrected chi connectivity index (χ4v) is 4.45. The van der Waals surface area contributed by atoms with Crippen LogP contribution in [0.25, 0.3) is 0 Å². The van der Waals surface area contributed by atoms with E-state index in [9.17, 15) is 0 Å². The molecular weight excluding hydrogens is 332 g/mol. The van der Waals surface area contributed by atoms with Crippen LogP contribution < -0.4 is 0 Å². The van der Waals surface area contributed by atoms with Gasteiger partial charge in [-0.1, -0.05) is 28.8 Å². The van der Waals surface area contributed by atoms with E-state index in [0.29, 0.717) is 5.25 Å². The molecule has 3 nitrogen and oxygen atoms in total. The molecule has 1 atom stereocenters. The van der Waals surface area contributed by atoms with E-state index in [1.54, 1.807) is 21.3 Å². The summed E-state index contributed by atoms with van der Waals surface area (Å²) in [5.74, 6) is 0. The lowest BCUT2D eigenvalue weighted by molar-refractivity contribution is 0.122. The molecule has 0 spiro atoms. The Balaban J connectivity index is 3.64. The average molecular weight is 359 g/mol. The normalized spacial score (nSPS) is 13.8. The van der Waals surface area contributed by atoms with E-state index in [4.69, 9.17) is 13.3 Å². The molecule has 0 heterocycles. The van der Waals surface area contributed by atoms with Crippen LogP contribution in [0.2, 0.25) is 6.04 Å². The maximum Gasteiger partial charge on any atom is 0.500 e. The van der Waals surface area contributed by atoms with Crippen molar-refractivity contribution < 1.29 is 13.3 Å². The van der Waals surface area contributed by atoms with Crippen LogP contribution in [0.3, 0.4) is 0 Å². The zero-order chi connectivity index (χ0) is 13.9. The largest absolute Gasteiger partial charge is 0.500 e. The van der Waals surface area contributed by atoms with Gasteiger partial charge in [-0.15, -0.1) is 0 Å². The van der Waals surface area contributed by atoms with Gasteiger partial charge in [-0.05, 0) is 25.7 Å². The van der Waals surface area contributed by atoms with Crippen molar-refractivity contribution in [2.24, 2.45) is 0 Å².